The van der Waals surface area contributed by atoms with Crippen molar-refractivity contribution in [1.82, 2.24) is 0 Å². The molecular formula is C9H10BrF2NO2. The van der Waals surface area contributed by atoms with Gasteiger partial charge in [-0.25, -0.2) is 8.78 Å². The normalized spacial score (nSPS) is 12.6. The number of rotatable bonds is 4. The molecule has 1 aromatic rings. The average molecular weight is 282 g/mol. The Balaban J connectivity index is 2.76. The summed E-state index contributed by atoms with van der Waals surface area (Å²) in [5, 5.41) is 20.2. The van der Waals surface area contributed by atoms with Crippen molar-refractivity contribution in [2.45, 2.75) is 6.10 Å². The number of aliphatic hydroxyl groups excluding tert-OH is 2. The molecule has 0 saturated heterocycles. The van der Waals surface area contributed by atoms with E-state index in [9.17, 15) is 8.78 Å². The summed E-state index contributed by atoms with van der Waals surface area (Å²) >= 11 is 2.94. The third kappa shape index (κ3) is 3.40. The SMILES string of the molecule is OCC(O)CNc1cc(F)cc(F)c1Br. The van der Waals surface area contributed by atoms with Gasteiger partial charge in [0.25, 0.3) is 0 Å². The summed E-state index contributed by atoms with van der Waals surface area (Å²) in [6.07, 6.45) is -0.969. The molecule has 0 amide bonds. The molecule has 3 N–H and O–H groups in total. The van der Waals surface area contributed by atoms with Gasteiger partial charge in [-0.15, -0.1) is 0 Å². The molecule has 1 aromatic carbocycles. The Morgan fingerprint density at radius 3 is 2.67 bits per heavy atom. The van der Waals surface area contributed by atoms with E-state index >= 15 is 0 Å². The Kier molecular flexibility index (Phi) is 4.44. The summed E-state index contributed by atoms with van der Waals surface area (Å²) in [6, 6.07) is 1.84. The Morgan fingerprint density at radius 1 is 1.40 bits per heavy atom. The maximum absolute atomic E-state index is 13.0. The number of hydrogen-bond donors (Lipinski definition) is 3. The van der Waals surface area contributed by atoms with E-state index in [0.717, 1.165) is 12.1 Å². The van der Waals surface area contributed by atoms with Gasteiger partial charge in [0, 0.05) is 12.6 Å². The fourth-order valence-corrected chi connectivity index (χ4v) is 1.35. The summed E-state index contributed by atoms with van der Waals surface area (Å²) in [6.45, 7) is -0.402. The van der Waals surface area contributed by atoms with Gasteiger partial charge in [-0.3, -0.25) is 0 Å². The van der Waals surface area contributed by atoms with Gasteiger partial charge in [-0.1, -0.05) is 0 Å². The molecule has 1 unspecified atom stereocenters. The van der Waals surface area contributed by atoms with Crippen molar-refractivity contribution in [3.8, 4) is 0 Å². The zero-order valence-corrected chi connectivity index (χ0v) is 9.26. The molecule has 0 bridgehead atoms. The van der Waals surface area contributed by atoms with Crippen LogP contribution in [0.4, 0.5) is 14.5 Å². The summed E-state index contributed by atoms with van der Waals surface area (Å²) in [7, 11) is 0. The Labute approximate surface area is 93.9 Å². The van der Waals surface area contributed by atoms with E-state index in [0.29, 0.717) is 0 Å². The van der Waals surface area contributed by atoms with Crippen LogP contribution in [-0.2, 0) is 0 Å². The molecule has 1 rings (SSSR count). The molecular weight excluding hydrogens is 272 g/mol. The molecule has 0 saturated carbocycles. The topological polar surface area (TPSA) is 52.5 Å². The molecule has 0 aliphatic rings. The molecule has 6 heteroatoms. The summed E-state index contributed by atoms with van der Waals surface area (Å²) in [5.41, 5.74) is 0.194. The van der Waals surface area contributed by atoms with Crippen molar-refractivity contribution in [3.05, 3.63) is 28.2 Å². The maximum Gasteiger partial charge on any atom is 0.142 e. The van der Waals surface area contributed by atoms with Gasteiger partial charge in [-0.2, -0.15) is 0 Å². The van der Waals surface area contributed by atoms with E-state index in [1.807, 2.05) is 0 Å². The average Bonchev–Trinajstić information content (AvgIpc) is 2.20. The van der Waals surface area contributed by atoms with Gasteiger partial charge in [0.15, 0.2) is 0 Å². The smallest absolute Gasteiger partial charge is 0.142 e. The highest BCUT2D eigenvalue weighted by molar-refractivity contribution is 9.10. The second-order valence-electron chi connectivity index (χ2n) is 2.97. The first-order chi connectivity index (χ1) is 7.04. The molecule has 84 valence electrons. The van der Waals surface area contributed by atoms with Gasteiger partial charge in [-0.05, 0) is 22.0 Å². The van der Waals surface area contributed by atoms with Gasteiger partial charge in [0.2, 0.25) is 0 Å². The Morgan fingerprint density at radius 2 is 2.07 bits per heavy atom. The second kappa shape index (κ2) is 5.39. The first kappa shape index (κ1) is 12.4. The van der Waals surface area contributed by atoms with E-state index in [1.54, 1.807) is 0 Å². The molecule has 0 aromatic heterocycles. The zero-order valence-electron chi connectivity index (χ0n) is 7.67. The Hall–Kier alpha value is -0.720. The lowest BCUT2D eigenvalue weighted by Crippen LogP contribution is -2.23. The Bertz CT molecular complexity index is 349. The predicted octanol–water partition coefficient (Wildman–Crippen LogP) is 1.49. The largest absolute Gasteiger partial charge is 0.394 e. The first-order valence-corrected chi connectivity index (χ1v) is 5.01. The van der Waals surface area contributed by atoms with Gasteiger partial charge >= 0.3 is 0 Å². The molecule has 1 atom stereocenters. The lowest BCUT2D eigenvalue weighted by molar-refractivity contribution is 0.105. The summed E-state index contributed by atoms with van der Waals surface area (Å²) < 4.78 is 25.9. The first-order valence-electron chi connectivity index (χ1n) is 4.22. The quantitative estimate of drug-likeness (QED) is 0.733. The summed E-state index contributed by atoms with van der Waals surface area (Å²) in [5.74, 6) is -1.44. The third-order valence-electron chi connectivity index (χ3n) is 1.73. The van der Waals surface area contributed by atoms with Gasteiger partial charge < -0.3 is 15.5 Å². The van der Waals surface area contributed by atoms with Crippen LogP contribution in [0.15, 0.2) is 16.6 Å². The molecule has 0 radical (unpaired) electrons. The number of anilines is 1. The van der Waals surface area contributed by atoms with Crippen molar-refractivity contribution in [3.63, 3.8) is 0 Å². The minimum atomic E-state index is -0.969. The van der Waals surface area contributed by atoms with Crippen LogP contribution in [0.3, 0.4) is 0 Å². The third-order valence-corrected chi connectivity index (χ3v) is 2.54. The predicted molar refractivity (Wildman–Crippen MR) is 55.6 cm³/mol. The highest BCUT2D eigenvalue weighted by atomic mass is 79.9. The highest BCUT2D eigenvalue weighted by Gasteiger charge is 2.09. The van der Waals surface area contributed by atoms with Crippen LogP contribution in [0.25, 0.3) is 0 Å². The fraction of sp³-hybridized carbons (Fsp3) is 0.333. The monoisotopic (exact) mass is 281 g/mol. The number of nitrogens with one attached hydrogen (secondary N) is 1. The van der Waals surface area contributed by atoms with E-state index in [-0.39, 0.29) is 16.7 Å². The van der Waals surface area contributed by atoms with E-state index in [1.165, 1.54) is 0 Å². The number of halogens is 3. The fourth-order valence-electron chi connectivity index (χ4n) is 0.977. The summed E-state index contributed by atoms with van der Waals surface area (Å²) in [4.78, 5) is 0. The number of aliphatic hydroxyl groups is 2. The lowest BCUT2D eigenvalue weighted by Gasteiger charge is -2.12. The molecule has 0 heterocycles. The molecule has 15 heavy (non-hydrogen) atoms. The number of benzene rings is 1. The molecule has 0 spiro atoms. The van der Waals surface area contributed by atoms with E-state index in [4.69, 9.17) is 10.2 Å². The zero-order chi connectivity index (χ0) is 11.4. The van der Waals surface area contributed by atoms with Crippen LogP contribution < -0.4 is 5.32 Å². The molecule has 0 fully saturated rings. The van der Waals surface area contributed by atoms with Crippen LogP contribution >= 0.6 is 15.9 Å². The molecule has 0 aliphatic carbocycles. The molecule has 3 nitrogen and oxygen atoms in total. The standard InChI is InChI=1S/C9H10BrF2NO2/c10-9-7(12)1-5(11)2-8(9)13-3-6(15)4-14/h1-2,6,13-15H,3-4H2. The number of hydrogen-bond acceptors (Lipinski definition) is 3. The second-order valence-corrected chi connectivity index (χ2v) is 3.76. The van der Waals surface area contributed by atoms with Crippen LogP contribution in [0.1, 0.15) is 0 Å². The van der Waals surface area contributed by atoms with E-state index in [2.05, 4.69) is 21.2 Å². The van der Waals surface area contributed by atoms with Crippen molar-refractivity contribution < 1.29 is 19.0 Å². The minimum Gasteiger partial charge on any atom is -0.394 e. The minimum absolute atomic E-state index is 0.0119. The van der Waals surface area contributed by atoms with E-state index < -0.39 is 24.3 Å². The van der Waals surface area contributed by atoms with Crippen molar-refractivity contribution in [2.24, 2.45) is 0 Å². The van der Waals surface area contributed by atoms with Gasteiger partial charge in [0.1, 0.15) is 11.6 Å². The van der Waals surface area contributed by atoms with Crippen LogP contribution in [0.5, 0.6) is 0 Å². The van der Waals surface area contributed by atoms with Crippen molar-refractivity contribution in [1.29, 1.82) is 0 Å². The highest BCUT2D eigenvalue weighted by Crippen LogP contribution is 2.26. The van der Waals surface area contributed by atoms with Gasteiger partial charge in [0.05, 0.1) is 22.9 Å². The molecule has 0 aliphatic heterocycles. The van der Waals surface area contributed by atoms with Crippen LogP contribution in [0.2, 0.25) is 0 Å². The van der Waals surface area contributed by atoms with Crippen LogP contribution in [0, 0.1) is 11.6 Å². The van der Waals surface area contributed by atoms with Crippen LogP contribution in [-0.4, -0.2) is 29.5 Å². The van der Waals surface area contributed by atoms with Crippen molar-refractivity contribution >= 4 is 21.6 Å². The van der Waals surface area contributed by atoms with Crippen molar-refractivity contribution in [2.75, 3.05) is 18.5 Å². The lowest BCUT2D eigenvalue weighted by atomic mass is 10.3. The maximum atomic E-state index is 13.0.